The van der Waals surface area contributed by atoms with Crippen LogP contribution in [-0.2, 0) is 4.79 Å². The highest BCUT2D eigenvalue weighted by Crippen LogP contribution is 2.28. The van der Waals surface area contributed by atoms with Crippen molar-refractivity contribution in [3.8, 4) is 0 Å². The maximum atomic E-state index is 12.3. The van der Waals surface area contributed by atoms with Gasteiger partial charge in [-0.05, 0) is 18.5 Å². The molecule has 3 rings (SSSR count). The first kappa shape index (κ1) is 15.5. The highest BCUT2D eigenvalue weighted by molar-refractivity contribution is 5.78. The molecule has 2 aliphatic heterocycles. The summed E-state index contributed by atoms with van der Waals surface area (Å²) in [6.45, 7) is 5.23. The van der Waals surface area contributed by atoms with Crippen LogP contribution < -0.4 is 5.32 Å². The Labute approximate surface area is 131 Å². The fraction of sp³-hybridized carbons (Fsp3) is 0.588. The highest BCUT2D eigenvalue weighted by atomic mass is 16.3. The zero-order valence-corrected chi connectivity index (χ0v) is 12.9. The van der Waals surface area contributed by atoms with E-state index in [9.17, 15) is 9.90 Å². The van der Waals surface area contributed by atoms with Gasteiger partial charge in [-0.2, -0.15) is 0 Å². The summed E-state index contributed by atoms with van der Waals surface area (Å²) in [6.07, 6.45) is 0.506. The van der Waals surface area contributed by atoms with Gasteiger partial charge in [-0.15, -0.1) is 0 Å². The topological polar surface area (TPSA) is 55.8 Å². The summed E-state index contributed by atoms with van der Waals surface area (Å²) in [4.78, 5) is 16.3. The third kappa shape index (κ3) is 3.66. The number of carbonyl (C=O) groups excluding carboxylic acids is 1. The maximum absolute atomic E-state index is 12.3. The van der Waals surface area contributed by atoms with Crippen LogP contribution in [0.2, 0.25) is 0 Å². The number of nitrogens with one attached hydrogen (secondary N) is 1. The number of carbonyl (C=O) groups is 1. The van der Waals surface area contributed by atoms with E-state index in [0.717, 1.165) is 39.1 Å². The lowest BCUT2D eigenvalue weighted by Gasteiger charge is -2.37. The molecule has 0 spiro atoms. The minimum absolute atomic E-state index is 0.187. The Balaban J connectivity index is 1.53. The third-order valence-corrected chi connectivity index (χ3v) is 4.72. The quantitative estimate of drug-likeness (QED) is 0.841. The van der Waals surface area contributed by atoms with E-state index in [2.05, 4.69) is 22.3 Å². The second-order valence-electron chi connectivity index (χ2n) is 6.24. The molecule has 2 fully saturated rings. The number of likely N-dealkylation sites (tertiary alicyclic amines) is 1. The summed E-state index contributed by atoms with van der Waals surface area (Å²) < 4.78 is 0. The molecule has 2 saturated heterocycles. The predicted octanol–water partition coefficient (Wildman–Crippen LogP) is 0.269. The standard InChI is InChI=1S/C17H25N3O2/c21-16-12-19(13-17(22)20-10-7-18-8-11-20)9-6-15(16)14-4-2-1-3-5-14/h1-5,15-16,18,21H,6-13H2/t15-,16-/m1/s1. The Kier molecular flexibility index (Phi) is 5.08. The smallest absolute Gasteiger partial charge is 0.236 e. The molecule has 1 amide bonds. The molecule has 2 N–H and O–H groups in total. The molecule has 0 aromatic heterocycles. The Morgan fingerprint density at radius 2 is 1.91 bits per heavy atom. The van der Waals surface area contributed by atoms with Gasteiger partial charge < -0.3 is 15.3 Å². The molecule has 0 bridgehead atoms. The molecule has 1 aromatic rings. The monoisotopic (exact) mass is 303 g/mol. The van der Waals surface area contributed by atoms with Gasteiger partial charge in [0.1, 0.15) is 0 Å². The van der Waals surface area contributed by atoms with Crippen molar-refractivity contribution in [2.24, 2.45) is 0 Å². The summed E-state index contributed by atoms with van der Waals surface area (Å²) in [6, 6.07) is 10.2. The first-order chi connectivity index (χ1) is 10.7. The van der Waals surface area contributed by atoms with E-state index < -0.39 is 6.10 Å². The lowest BCUT2D eigenvalue weighted by atomic mass is 9.87. The molecule has 5 nitrogen and oxygen atoms in total. The first-order valence-corrected chi connectivity index (χ1v) is 8.18. The maximum Gasteiger partial charge on any atom is 0.236 e. The van der Waals surface area contributed by atoms with Crippen molar-refractivity contribution in [3.05, 3.63) is 35.9 Å². The molecular formula is C17H25N3O2. The predicted molar refractivity (Wildman–Crippen MR) is 85.7 cm³/mol. The third-order valence-electron chi connectivity index (χ3n) is 4.72. The number of piperidine rings is 1. The van der Waals surface area contributed by atoms with Crippen molar-refractivity contribution < 1.29 is 9.90 Å². The second kappa shape index (κ2) is 7.22. The molecule has 5 heteroatoms. The van der Waals surface area contributed by atoms with Gasteiger partial charge in [-0.25, -0.2) is 0 Å². The normalized spacial score (nSPS) is 26.9. The van der Waals surface area contributed by atoms with Crippen molar-refractivity contribution in [2.45, 2.75) is 18.4 Å². The van der Waals surface area contributed by atoms with Gasteiger partial charge in [0, 0.05) is 38.6 Å². The highest BCUT2D eigenvalue weighted by Gasteiger charge is 2.30. The van der Waals surface area contributed by atoms with Crippen LogP contribution in [0.15, 0.2) is 30.3 Å². The fourth-order valence-electron chi connectivity index (χ4n) is 3.44. The molecule has 0 unspecified atom stereocenters. The Hall–Kier alpha value is -1.43. The molecule has 2 heterocycles. The van der Waals surface area contributed by atoms with Gasteiger partial charge in [0.15, 0.2) is 0 Å². The van der Waals surface area contributed by atoms with E-state index in [1.54, 1.807) is 0 Å². The van der Waals surface area contributed by atoms with Gasteiger partial charge in [0.25, 0.3) is 0 Å². The number of β-amino-alcohol motifs (C(OH)–C–C–N with tert-alkyl or cyclic N) is 1. The molecule has 2 aliphatic rings. The van der Waals surface area contributed by atoms with E-state index in [0.29, 0.717) is 13.1 Å². The van der Waals surface area contributed by atoms with Gasteiger partial charge in [-0.1, -0.05) is 30.3 Å². The number of nitrogens with zero attached hydrogens (tertiary/aromatic N) is 2. The first-order valence-electron chi connectivity index (χ1n) is 8.18. The number of aliphatic hydroxyl groups is 1. The number of benzene rings is 1. The number of hydrogen-bond donors (Lipinski definition) is 2. The molecule has 0 radical (unpaired) electrons. The Bertz CT molecular complexity index is 488. The summed E-state index contributed by atoms with van der Waals surface area (Å²) in [5, 5.41) is 13.7. The molecule has 22 heavy (non-hydrogen) atoms. The van der Waals surface area contributed by atoms with Crippen molar-refractivity contribution in [1.82, 2.24) is 15.1 Å². The average molecular weight is 303 g/mol. The summed E-state index contributed by atoms with van der Waals surface area (Å²) in [7, 11) is 0. The number of rotatable bonds is 3. The van der Waals surface area contributed by atoms with Crippen LogP contribution in [0.1, 0.15) is 17.9 Å². The molecule has 1 aromatic carbocycles. The molecule has 2 atom stereocenters. The van der Waals surface area contributed by atoms with Crippen LogP contribution in [0, 0.1) is 0 Å². The molecule has 120 valence electrons. The number of aliphatic hydroxyl groups excluding tert-OH is 1. The van der Waals surface area contributed by atoms with Crippen molar-refractivity contribution in [2.75, 3.05) is 45.8 Å². The molecule has 0 saturated carbocycles. The van der Waals surface area contributed by atoms with Crippen molar-refractivity contribution in [3.63, 3.8) is 0 Å². The van der Waals surface area contributed by atoms with Crippen LogP contribution >= 0.6 is 0 Å². The Morgan fingerprint density at radius 1 is 1.18 bits per heavy atom. The number of hydrogen-bond acceptors (Lipinski definition) is 4. The van der Waals surface area contributed by atoms with Crippen LogP contribution in [0.3, 0.4) is 0 Å². The number of amides is 1. The lowest BCUT2D eigenvalue weighted by Crippen LogP contribution is -2.52. The van der Waals surface area contributed by atoms with Crippen LogP contribution in [0.4, 0.5) is 0 Å². The summed E-state index contributed by atoms with van der Waals surface area (Å²) >= 11 is 0. The second-order valence-corrected chi connectivity index (χ2v) is 6.24. The minimum Gasteiger partial charge on any atom is -0.391 e. The Morgan fingerprint density at radius 3 is 2.59 bits per heavy atom. The zero-order valence-electron chi connectivity index (χ0n) is 12.9. The lowest BCUT2D eigenvalue weighted by molar-refractivity contribution is -0.133. The van der Waals surface area contributed by atoms with Crippen LogP contribution in [0.25, 0.3) is 0 Å². The zero-order chi connectivity index (χ0) is 15.4. The van der Waals surface area contributed by atoms with Gasteiger partial charge >= 0.3 is 0 Å². The minimum atomic E-state index is -0.396. The summed E-state index contributed by atoms with van der Waals surface area (Å²) in [5.41, 5.74) is 1.20. The van der Waals surface area contributed by atoms with Crippen LogP contribution in [-0.4, -0.2) is 72.7 Å². The molecular weight excluding hydrogens is 278 g/mol. The van der Waals surface area contributed by atoms with E-state index in [4.69, 9.17) is 0 Å². The fourth-order valence-corrected chi connectivity index (χ4v) is 3.44. The van der Waals surface area contributed by atoms with E-state index in [-0.39, 0.29) is 11.8 Å². The molecule has 0 aliphatic carbocycles. The van der Waals surface area contributed by atoms with Gasteiger partial charge in [0.05, 0.1) is 12.6 Å². The van der Waals surface area contributed by atoms with Crippen molar-refractivity contribution in [1.29, 1.82) is 0 Å². The van der Waals surface area contributed by atoms with E-state index in [1.165, 1.54) is 5.56 Å². The number of piperazine rings is 1. The largest absolute Gasteiger partial charge is 0.391 e. The van der Waals surface area contributed by atoms with Crippen LogP contribution in [0.5, 0.6) is 0 Å². The van der Waals surface area contributed by atoms with E-state index in [1.807, 2.05) is 23.1 Å². The summed E-state index contributed by atoms with van der Waals surface area (Å²) in [5.74, 6) is 0.374. The van der Waals surface area contributed by atoms with Gasteiger partial charge in [-0.3, -0.25) is 9.69 Å². The van der Waals surface area contributed by atoms with Crippen molar-refractivity contribution >= 4 is 5.91 Å². The SMILES string of the molecule is O=C(CN1CC[C@H](c2ccccc2)[C@H](O)C1)N1CCNCC1. The van der Waals surface area contributed by atoms with E-state index >= 15 is 0 Å². The average Bonchev–Trinajstić information content (AvgIpc) is 2.56. The van der Waals surface area contributed by atoms with Gasteiger partial charge in [0.2, 0.25) is 5.91 Å².